The molecular formula is C12H18N2O2. The third-order valence-corrected chi connectivity index (χ3v) is 3.34. The largest absolute Gasteiger partial charge is 0.378 e. The number of rotatable bonds is 4. The van der Waals surface area contributed by atoms with Crippen LogP contribution < -0.4 is 0 Å². The summed E-state index contributed by atoms with van der Waals surface area (Å²) in [5.74, 6) is 0.430. The predicted molar refractivity (Wildman–Crippen MR) is 60.1 cm³/mol. The number of nitrogens with zero attached hydrogens (tertiary/aromatic N) is 2. The van der Waals surface area contributed by atoms with Gasteiger partial charge in [-0.25, -0.2) is 0 Å². The van der Waals surface area contributed by atoms with Crippen LogP contribution in [-0.4, -0.2) is 28.3 Å². The third-order valence-electron chi connectivity index (χ3n) is 3.34. The Hall–Kier alpha value is -1.16. The first-order valence-electron chi connectivity index (χ1n) is 5.79. The standard InChI is InChI=1S/C12H18N2O2/c1-9-11(6-8-16-9)12(15)4-3-10-5-7-13-14(10)2/h5,7,9,11H,3-4,6,8H2,1-2H3. The van der Waals surface area contributed by atoms with E-state index >= 15 is 0 Å². The number of hydrogen-bond donors (Lipinski definition) is 0. The highest BCUT2D eigenvalue weighted by Crippen LogP contribution is 2.23. The Morgan fingerprint density at radius 1 is 1.69 bits per heavy atom. The van der Waals surface area contributed by atoms with E-state index in [1.165, 1.54) is 0 Å². The van der Waals surface area contributed by atoms with Crippen LogP contribution in [0.3, 0.4) is 0 Å². The number of Topliss-reactive ketones (excluding diaryl/α,β-unsaturated/α-hetero) is 1. The van der Waals surface area contributed by atoms with E-state index in [0.717, 1.165) is 25.1 Å². The zero-order valence-corrected chi connectivity index (χ0v) is 9.85. The van der Waals surface area contributed by atoms with Crippen molar-refractivity contribution < 1.29 is 9.53 Å². The molecule has 1 aromatic heterocycles. The van der Waals surface area contributed by atoms with Crippen LogP contribution in [0.4, 0.5) is 0 Å². The minimum atomic E-state index is 0.0963. The molecule has 1 fully saturated rings. The first kappa shape index (κ1) is 11.3. The summed E-state index contributed by atoms with van der Waals surface area (Å²) in [6.45, 7) is 2.71. The number of carbonyl (C=O) groups is 1. The Balaban J connectivity index is 1.86. The van der Waals surface area contributed by atoms with Gasteiger partial charge in [0.2, 0.25) is 0 Å². The van der Waals surface area contributed by atoms with Crippen LogP contribution in [0.15, 0.2) is 12.3 Å². The van der Waals surface area contributed by atoms with Crippen LogP contribution in [0.25, 0.3) is 0 Å². The topological polar surface area (TPSA) is 44.1 Å². The second-order valence-corrected chi connectivity index (χ2v) is 4.38. The predicted octanol–water partition coefficient (Wildman–Crippen LogP) is 1.35. The molecule has 0 radical (unpaired) electrons. The highest BCUT2D eigenvalue weighted by atomic mass is 16.5. The molecule has 88 valence electrons. The first-order chi connectivity index (χ1) is 7.68. The van der Waals surface area contributed by atoms with Crippen molar-refractivity contribution in [2.24, 2.45) is 13.0 Å². The van der Waals surface area contributed by atoms with Gasteiger partial charge < -0.3 is 4.74 Å². The van der Waals surface area contributed by atoms with Crippen LogP contribution >= 0.6 is 0 Å². The van der Waals surface area contributed by atoms with Gasteiger partial charge in [0.05, 0.1) is 6.10 Å². The molecule has 2 rings (SSSR count). The zero-order chi connectivity index (χ0) is 11.5. The van der Waals surface area contributed by atoms with Gasteiger partial charge in [0.25, 0.3) is 0 Å². The Morgan fingerprint density at radius 2 is 2.50 bits per heavy atom. The monoisotopic (exact) mass is 222 g/mol. The van der Waals surface area contributed by atoms with Gasteiger partial charge in [-0.2, -0.15) is 5.10 Å². The summed E-state index contributed by atoms with van der Waals surface area (Å²) in [4.78, 5) is 12.0. The Labute approximate surface area is 95.6 Å². The van der Waals surface area contributed by atoms with Gasteiger partial charge in [-0.15, -0.1) is 0 Å². The fraction of sp³-hybridized carbons (Fsp3) is 0.667. The average Bonchev–Trinajstić information content (AvgIpc) is 2.84. The molecule has 1 aromatic rings. The van der Waals surface area contributed by atoms with Crippen molar-refractivity contribution in [2.75, 3.05) is 6.61 Å². The van der Waals surface area contributed by atoms with Gasteiger partial charge in [0.1, 0.15) is 5.78 Å². The average molecular weight is 222 g/mol. The van der Waals surface area contributed by atoms with Crippen molar-refractivity contribution in [2.45, 2.75) is 32.3 Å². The third kappa shape index (κ3) is 2.32. The van der Waals surface area contributed by atoms with E-state index in [1.54, 1.807) is 6.20 Å². The Kier molecular flexibility index (Phi) is 3.39. The normalized spacial score (nSPS) is 24.9. The summed E-state index contributed by atoms with van der Waals surface area (Å²) in [5, 5.41) is 4.09. The van der Waals surface area contributed by atoms with Crippen LogP contribution in [0.5, 0.6) is 0 Å². The number of aromatic nitrogens is 2. The molecule has 16 heavy (non-hydrogen) atoms. The zero-order valence-electron chi connectivity index (χ0n) is 9.85. The maximum Gasteiger partial charge on any atom is 0.139 e. The summed E-state index contributed by atoms with van der Waals surface area (Å²) in [5.41, 5.74) is 1.11. The Bertz CT molecular complexity index is 373. The van der Waals surface area contributed by atoms with E-state index in [1.807, 2.05) is 24.7 Å². The summed E-state index contributed by atoms with van der Waals surface area (Å²) < 4.78 is 7.23. The molecule has 0 spiro atoms. The SMILES string of the molecule is CC1OCCC1C(=O)CCc1ccnn1C. The molecule has 2 atom stereocenters. The number of ether oxygens (including phenoxy) is 1. The second kappa shape index (κ2) is 4.78. The number of carbonyl (C=O) groups excluding carboxylic acids is 1. The maximum atomic E-state index is 12.0. The van der Waals surface area contributed by atoms with Gasteiger partial charge >= 0.3 is 0 Å². The van der Waals surface area contributed by atoms with Crippen molar-refractivity contribution in [1.82, 2.24) is 9.78 Å². The number of ketones is 1. The molecule has 0 aromatic carbocycles. The Morgan fingerprint density at radius 3 is 3.06 bits per heavy atom. The van der Waals surface area contributed by atoms with Crippen LogP contribution in [0.1, 0.15) is 25.5 Å². The minimum Gasteiger partial charge on any atom is -0.378 e. The van der Waals surface area contributed by atoms with Crippen LogP contribution in [0, 0.1) is 5.92 Å². The lowest BCUT2D eigenvalue weighted by Gasteiger charge is -2.12. The van der Waals surface area contributed by atoms with Crippen molar-refractivity contribution >= 4 is 5.78 Å². The molecule has 2 heterocycles. The summed E-state index contributed by atoms with van der Waals surface area (Å²) in [6.07, 6.45) is 4.11. The van der Waals surface area contributed by atoms with E-state index in [0.29, 0.717) is 12.2 Å². The fourth-order valence-corrected chi connectivity index (χ4v) is 2.24. The van der Waals surface area contributed by atoms with E-state index in [4.69, 9.17) is 4.74 Å². The smallest absolute Gasteiger partial charge is 0.139 e. The molecular weight excluding hydrogens is 204 g/mol. The van der Waals surface area contributed by atoms with E-state index in [-0.39, 0.29) is 12.0 Å². The lowest BCUT2D eigenvalue weighted by Crippen LogP contribution is -2.22. The van der Waals surface area contributed by atoms with Gasteiger partial charge in [0.15, 0.2) is 0 Å². The second-order valence-electron chi connectivity index (χ2n) is 4.38. The van der Waals surface area contributed by atoms with Gasteiger partial charge in [-0.3, -0.25) is 9.48 Å². The first-order valence-corrected chi connectivity index (χ1v) is 5.79. The molecule has 4 heteroatoms. The van der Waals surface area contributed by atoms with Crippen LogP contribution in [-0.2, 0) is 23.0 Å². The highest BCUT2D eigenvalue weighted by Gasteiger charge is 2.29. The van der Waals surface area contributed by atoms with E-state index < -0.39 is 0 Å². The van der Waals surface area contributed by atoms with Crippen LogP contribution in [0.2, 0.25) is 0 Å². The highest BCUT2D eigenvalue weighted by molar-refractivity contribution is 5.81. The van der Waals surface area contributed by atoms with E-state index in [2.05, 4.69) is 5.10 Å². The molecule has 0 saturated carbocycles. The number of aryl methyl sites for hydroxylation is 2. The molecule has 1 aliphatic rings. The fourth-order valence-electron chi connectivity index (χ4n) is 2.24. The summed E-state index contributed by atoms with van der Waals surface area (Å²) in [7, 11) is 1.90. The van der Waals surface area contributed by atoms with Crippen molar-refractivity contribution in [3.05, 3.63) is 18.0 Å². The molecule has 2 unspecified atom stereocenters. The molecule has 0 amide bonds. The van der Waals surface area contributed by atoms with Gasteiger partial charge in [-0.1, -0.05) is 0 Å². The van der Waals surface area contributed by atoms with Crippen molar-refractivity contribution in [3.63, 3.8) is 0 Å². The number of hydrogen-bond acceptors (Lipinski definition) is 3. The molecule has 0 N–H and O–H groups in total. The van der Waals surface area contributed by atoms with Crippen molar-refractivity contribution in [1.29, 1.82) is 0 Å². The lowest BCUT2D eigenvalue weighted by molar-refractivity contribution is -0.124. The molecule has 1 saturated heterocycles. The quantitative estimate of drug-likeness (QED) is 0.772. The van der Waals surface area contributed by atoms with Crippen molar-refractivity contribution in [3.8, 4) is 0 Å². The molecule has 1 aliphatic heterocycles. The van der Waals surface area contributed by atoms with Gasteiger partial charge in [0, 0.05) is 37.9 Å². The summed E-state index contributed by atoms with van der Waals surface area (Å²) >= 11 is 0. The molecule has 0 aliphatic carbocycles. The minimum absolute atomic E-state index is 0.0963. The maximum absolute atomic E-state index is 12.0. The molecule has 4 nitrogen and oxygen atoms in total. The summed E-state index contributed by atoms with van der Waals surface area (Å²) in [6, 6.07) is 1.96. The molecule has 0 bridgehead atoms. The van der Waals surface area contributed by atoms with E-state index in [9.17, 15) is 4.79 Å². The lowest BCUT2D eigenvalue weighted by atomic mass is 9.94. The van der Waals surface area contributed by atoms with Gasteiger partial charge in [-0.05, 0) is 25.8 Å².